The Bertz CT molecular complexity index is 738. The van der Waals surface area contributed by atoms with Crippen LogP contribution in [0.1, 0.15) is 23.2 Å². The number of carboxylic acid groups (broad SMARTS) is 1. The molecule has 1 saturated carbocycles. The molecule has 1 aliphatic carbocycles. The minimum absolute atomic E-state index is 0.273. The number of para-hydroxylation sites is 1. The van der Waals surface area contributed by atoms with Crippen LogP contribution in [-0.2, 0) is 4.79 Å². The zero-order chi connectivity index (χ0) is 15.0. The van der Waals surface area contributed by atoms with Crippen LogP contribution in [0.15, 0.2) is 30.5 Å². The quantitative estimate of drug-likeness (QED) is 0.774. The summed E-state index contributed by atoms with van der Waals surface area (Å²) in [6.45, 7) is 0.274. The lowest BCUT2D eigenvalue weighted by atomic mass is 10.1. The van der Waals surface area contributed by atoms with Crippen LogP contribution in [0.25, 0.3) is 10.9 Å². The number of hydrogen-bond donors (Lipinski definition) is 3. The van der Waals surface area contributed by atoms with E-state index in [0.29, 0.717) is 18.5 Å². The molecule has 0 spiro atoms. The van der Waals surface area contributed by atoms with Crippen molar-refractivity contribution < 1.29 is 14.7 Å². The van der Waals surface area contributed by atoms with E-state index < -0.39 is 17.3 Å². The molecule has 1 aromatic carbocycles. The van der Waals surface area contributed by atoms with Crippen molar-refractivity contribution in [3.63, 3.8) is 0 Å². The predicted octanol–water partition coefficient (Wildman–Crippen LogP) is 1.61. The number of rotatable bonds is 5. The fourth-order valence-corrected chi connectivity index (χ4v) is 2.39. The second-order valence-corrected chi connectivity index (χ2v) is 5.37. The van der Waals surface area contributed by atoms with E-state index in [-0.39, 0.29) is 12.1 Å². The number of hydrogen-bond acceptors (Lipinski definition) is 4. The summed E-state index contributed by atoms with van der Waals surface area (Å²) < 4.78 is 0. The van der Waals surface area contributed by atoms with Crippen molar-refractivity contribution in [2.24, 2.45) is 11.1 Å². The molecule has 0 atom stereocenters. The third-order valence-electron chi connectivity index (χ3n) is 3.95. The number of fused-ring (bicyclic) bond motifs is 1. The highest BCUT2D eigenvalue weighted by Gasteiger charge is 2.50. The molecule has 1 aliphatic rings. The highest BCUT2D eigenvalue weighted by atomic mass is 16.4. The van der Waals surface area contributed by atoms with E-state index in [2.05, 4.69) is 10.3 Å². The van der Waals surface area contributed by atoms with Gasteiger partial charge in [-0.05, 0) is 18.9 Å². The zero-order valence-corrected chi connectivity index (χ0v) is 11.3. The SMILES string of the molecule is NC(=O)c1cnc2ccccc2c1NCC1(C(=O)O)CC1. The van der Waals surface area contributed by atoms with E-state index in [1.807, 2.05) is 24.3 Å². The second-order valence-electron chi connectivity index (χ2n) is 5.37. The van der Waals surface area contributed by atoms with Crippen molar-refractivity contribution in [1.82, 2.24) is 4.98 Å². The zero-order valence-electron chi connectivity index (χ0n) is 11.3. The number of benzene rings is 1. The maximum atomic E-state index is 11.6. The summed E-state index contributed by atoms with van der Waals surface area (Å²) in [6.07, 6.45) is 2.71. The normalized spacial score (nSPS) is 15.6. The van der Waals surface area contributed by atoms with E-state index in [1.54, 1.807) is 0 Å². The van der Waals surface area contributed by atoms with Crippen LogP contribution < -0.4 is 11.1 Å². The van der Waals surface area contributed by atoms with E-state index in [0.717, 1.165) is 10.9 Å². The van der Waals surface area contributed by atoms with Gasteiger partial charge >= 0.3 is 5.97 Å². The average Bonchev–Trinajstić information content (AvgIpc) is 3.25. The van der Waals surface area contributed by atoms with Gasteiger partial charge in [-0.1, -0.05) is 18.2 Å². The van der Waals surface area contributed by atoms with Gasteiger partial charge in [0.25, 0.3) is 5.91 Å². The average molecular weight is 285 g/mol. The highest BCUT2D eigenvalue weighted by Crippen LogP contribution is 2.46. The topological polar surface area (TPSA) is 105 Å². The molecule has 1 fully saturated rings. The van der Waals surface area contributed by atoms with Crippen LogP contribution in [0.2, 0.25) is 0 Å². The van der Waals surface area contributed by atoms with Gasteiger partial charge < -0.3 is 16.2 Å². The van der Waals surface area contributed by atoms with Gasteiger partial charge in [0.05, 0.1) is 22.2 Å². The first-order valence-electron chi connectivity index (χ1n) is 6.68. The number of anilines is 1. The van der Waals surface area contributed by atoms with Crippen molar-refractivity contribution in [3.8, 4) is 0 Å². The van der Waals surface area contributed by atoms with Crippen LogP contribution in [0.3, 0.4) is 0 Å². The Labute approximate surface area is 121 Å². The van der Waals surface area contributed by atoms with Gasteiger partial charge in [-0.15, -0.1) is 0 Å². The summed E-state index contributed by atoms with van der Waals surface area (Å²) in [5.74, 6) is -1.40. The van der Waals surface area contributed by atoms with Crippen molar-refractivity contribution in [1.29, 1.82) is 0 Å². The summed E-state index contributed by atoms with van der Waals surface area (Å²) in [5, 5.41) is 13.1. The summed E-state index contributed by atoms with van der Waals surface area (Å²) in [6, 6.07) is 7.35. The highest BCUT2D eigenvalue weighted by molar-refractivity contribution is 6.06. The predicted molar refractivity (Wildman–Crippen MR) is 78.1 cm³/mol. The summed E-state index contributed by atoms with van der Waals surface area (Å²) in [5.41, 5.74) is 6.22. The molecular weight excluding hydrogens is 270 g/mol. The fourth-order valence-electron chi connectivity index (χ4n) is 2.39. The first-order valence-corrected chi connectivity index (χ1v) is 6.68. The van der Waals surface area contributed by atoms with Gasteiger partial charge in [-0.25, -0.2) is 0 Å². The van der Waals surface area contributed by atoms with Crippen molar-refractivity contribution in [2.75, 3.05) is 11.9 Å². The summed E-state index contributed by atoms with van der Waals surface area (Å²) >= 11 is 0. The number of carbonyl (C=O) groups excluding carboxylic acids is 1. The minimum atomic E-state index is -0.811. The lowest BCUT2D eigenvalue weighted by molar-refractivity contribution is -0.142. The number of pyridine rings is 1. The molecule has 4 N–H and O–H groups in total. The number of nitrogens with two attached hydrogens (primary N) is 1. The number of aromatic nitrogens is 1. The Balaban J connectivity index is 2.01. The molecule has 2 aromatic rings. The Hall–Kier alpha value is -2.63. The number of nitrogens with zero attached hydrogens (tertiary/aromatic N) is 1. The molecule has 0 bridgehead atoms. The van der Waals surface area contributed by atoms with Crippen molar-refractivity contribution >= 4 is 28.5 Å². The fraction of sp³-hybridized carbons (Fsp3) is 0.267. The number of aliphatic carboxylic acids is 1. The number of nitrogens with one attached hydrogen (secondary N) is 1. The van der Waals surface area contributed by atoms with Gasteiger partial charge in [0, 0.05) is 18.1 Å². The maximum absolute atomic E-state index is 11.6. The molecule has 0 saturated heterocycles. The molecular formula is C15H15N3O3. The molecule has 1 aromatic heterocycles. The number of amides is 1. The van der Waals surface area contributed by atoms with Crippen LogP contribution in [-0.4, -0.2) is 28.5 Å². The van der Waals surface area contributed by atoms with Gasteiger partial charge in [-0.3, -0.25) is 14.6 Å². The first-order chi connectivity index (χ1) is 10.0. The molecule has 0 aliphatic heterocycles. The maximum Gasteiger partial charge on any atom is 0.311 e. The number of carboxylic acids is 1. The number of carbonyl (C=O) groups is 2. The van der Waals surface area contributed by atoms with Crippen LogP contribution in [0, 0.1) is 5.41 Å². The van der Waals surface area contributed by atoms with Gasteiger partial charge in [0.1, 0.15) is 0 Å². The standard InChI is InChI=1S/C15H15N3O3/c16-13(19)10-7-17-11-4-2-1-3-9(11)12(10)18-8-15(5-6-15)14(20)21/h1-4,7H,5-6,8H2,(H2,16,19)(H,17,18)(H,20,21). The molecule has 0 unspecified atom stereocenters. The van der Waals surface area contributed by atoms with Crippen LogP contribution in [0.4, 0.5) is 5.69 Å². The smallest absolute Gasteiger partial charge is 0.311 e. The molecule has 1 amide bonds. The summed E-state index contributed by atoms with van der Waals surface area (Å²) in [4.78, 5) is 27.0. The lowest BCUT2D eigenvalue weighted by Crippen LogP contribution is -2.25. The molecule has 108 valence electrons. The molecule has 6 heteroatoms. The molecule has 1 heterocycles. The largest absolute Gasteiger partial charge is 0.481 e. The number of primary amides is 1. The second kappa shape index (κ2) is 4.73. The van der Waals surface area contributed by atoms with Crippen molar-refractivity contribution in [3.05, 3.63) is 36.0 Å². The van der Waals surface area contributed by atoms with E-state index in [1.165, 1.54) is 6.20 Å². The van der Waals surface area contributed by atoms with Gasteiger partial charge in [0.2, 0.25) is 0 Å². The monoisotopic (exact) mass is 285 g/mol. The lowest BCUT2D eigenvalue weighted by Gasteiger charge is -2.16. The Morgan fingerprint density at radius 2 is 2.05 bits per heavy atom. The third-order valence-corrected chi connectivity index (χ3v) is 3.95. The van der Waals surface area contributed by atoms with Crippen LogP contribution >= 0.6 is 0 Å². The van der Waals surface area contributed by atoms with E-state index in [9.17, 15) is 14.7 Å². The van der Waals surface area contributed by atoms with E-state index in [4.69, 9.17) is 5.73 Å². The Morgan fingerprint density at radius 3 is 2.67 bits per heavy atom. The first kappa shape index (κ1) is 13.4. The molecule has 21 heavy (non-hydrogen) atoms. The minimum Gasteiger partial charge on any atom is -0.481 e. The molecule has 0 radical (unpaired) electrons. The van der Waals surface area contributed by atoms with Gasteiger partial charge in [-0.2, -0.15) is 0 Å². The molecule has 6 nitrogen and oxygen atoms in total. The Morgan fingerprint density at radius 1 is 1.33 bits per heavy atom. The van der Waals surface area contributed by atoms with E-state index >= 15 is 0 Å². The third kappa shape index (κ3) is 2.29. The van der Waals surface area contributed by atoms with Crippen LogP contribution in [0.5, 0.6) is 0 Å². The van der Waals surface area contributed by atoms with Crippen molar-refractivity contribution in [2.45, 2.75) is 12.8 Å². The Kier molecular flexibility index (Phi) is 3.01. The molecule has 3 rings (SSSR count). The van der Waals surface area contributed by atoms with Gasteiger partial charge in [0.15, 0.2) is 0 Å². The summed E-state index contributed by atoms with van der Waals surface area (Å²) in [7, 11) is 0.